The summed E-state index contributed by atoms with van der Waals surface area (Å²) < 4.78 is 0. The second-order valence-electron chi connectivity index (χ2n) is 4.44. The largest absolute Gasteiger partial charge is 0.347 e. The highest BCUT2D eigenvalue weighted by Gasteiger charge is 2.31. The highest BCUT2D eigenvalue weighted by molar-refractivity contribution is 5.27. The molecule has 1 aliphatic rings. The van der Waals surface area contributed by atoms with Gasteiger partial charge < -0.3 is 10.2 Å². The van der Waals surface area contributed by atoms with E-state index in [0.29, 0.717) is 6.04 Å². The first kappa shape index (κ1) is 10.4. The first-order valence-corrected chi connectivity index (χ1v) is 5.39. The summed E-state index contributed by atoms with van der Waals surface area (Å²) in [6.07, 6.45) is 3.11. The number of anilines is 1. The molecule has 1 aromatic heterocycles. The number of rotatable bonds is 4. The van der Waals surface area contributed by atoms with E-state index in [4.69, 9.17) is 0 Å². The van der Waals surface area contributed by atoms with E-state index in [1.807, 2.05) is 31.3 Å². The van der Waals surface area contributed by atoms with Crippen molar-refractivity contribution in [3.63, 3.8) is 0 Å². The Morgan fingerprint density at radius 3 is 2.87 bits per heavy atom. The maximum absolute atomic E-state index is 4.45. The zero-order chi connectivity index (χ0) is 10.8. The molecule has 4 nitrogen and oxygen atoms in total. The molecule has 0 aliphatic heterocycles. The lowest BCUT2D eigenvalue weighted by atomic mass is 10.4. The van der Waals surface area contributed by atoms with Crippen molar-refractivity contribution in [1.82, 2.24) is 15.3 Å². The van der Waals surface area contributed by atoms with Gasteiger partial charge in [0.15, 0.2) is 0 Å². The molecule has 0 aromatic carbocycles. The topological polar surface area (TPSA) is 41.1 Å². The highest BCUT2D eigenvalue weighted by Crippen LogP contribution is 2.29. The second-order valence-corrected chi connectivity index (χ2v) is 4.44. The van der Waals surface area contributed by atoms with Crippen molar-refractivity contribution in [2.45, 2.75) is 25.9 Å². The van der Waals surface area contributed by atoms with Gasteiger partial charge in [0.05, 0.1) is 5.69 Å². The van der Waals surface area contributed by atoms with E-state index in [0.717, 1.165) is 24.1 Å². The third-order valence-electron chi connectivity index (χ3n) is 2.76. The molecule has 4 heteroatoms. The summed E-state index contributed by atoms with van der Waals surface area (Å²) in [5.74, 6) is 1.61. The number of aromatic nitrogens is 2. The van der Waals surface area contributed by atoms with Gasteiger partial charge in [-0.15, -0.1) is 0 Å². The molecule has 1 N–H and O–H groups in total. The first-order chi connectivity index (χ1) is 7.16. The van der Waals surface area contributed by atoms with Crippen molar-refractivity contribution >= 4 is 5.95 Å². The van der Waals surface area contributed by atoms with Gasteiger partial charge in [0, 0.05) is 32.9 Å². The fourth-order valence-corrected chi connectivity index (χ4v) is 1.54. The lowest BCUT2D eigenvalue weighted by molar-refractivity contribution is 0.640. The van der Waals surface area contributed by atoms with Crippen LogP contribution in [0.4, 0.5) is 5.95 Å². The molecular weight excluding hydrogens is 188 g/mol. The van der Waals surface area contributed by atoms with Gasteiger partial charge in [-0.3, -0.25) is 0 Å². The molecule has 0 radical (unpaired) electrons. The van der Waals surface area contributed by atoms with Crippen LogP contribution in [0.1, 0.15) is 19.0 Å². The van der Waals surface area contributed by atoms with Crippen LogP contribution < -0.4 is 10.2 Å². The molecule has 1 saturated carbocycles. The van der Waals surface area contributed by atoms with Crippen LogP contribution in [-0.2, 0) is 6.54 Å². The molecule has 82 valence electrons. The Morgan fingerprint density at radius 1 is 1.53 bits per heavy atom. The highest BCUT2D eigenvalue weighted by atomic mass is 15.2. The van der Waals surface area contributed by atoms with E-state index in [1.165, 1.54) is 6.42 Å². The Bertz CT molecular complexity index is 337. The number of hydrogen-bond donors (Lipinski definition) is 1. The smallest absolute Gasteiger partial charge is 0.225 e. The van der Waals surface area contributed by atoms with Gasteiger partial charge in [0.1, 0.15) is 0 Å². The van der Waals surface area contributed by atoms with Gasteiger partial charge in [-0.2, -0.15) is 0 Å². The van der Waals surface area contributed by atoms with E-state index < -0.39 is 0 Å². The summed E-state index contributed by atoms with van der Waals surface area (Å²) in [6.45, 7) is 3.11. The average molecular weight is 206 g/mol. The van der Waals surface area contributed by atoms with Crippen LogP contribution in [0, 0.1) is 5.92 Å². The Balaban J connectivity index is 1.93. The molecular formula is C11H18N4. The number of hydrogen-bond acceptors (Lipinski definition) is 4. The molecule has 0 amide bonds. The van der Waals surface area contributed by atoms with Crippen molar-refractivity contribution in [2.75, 3.05) is 19.0 Å². The lowest BCUT2D eigenvalue weighted by Gasteiger charge is -2.10. The zero-order valence-corrected chi connectivity index (χ0v) is 9.57. The fourth-order valence-electron chi connectivity index (χ4n) is 1.54. The predicted molar refractivity (Wildman–Crippen MR) is 60.8 cm³/mol. The van der Waals surface area contributed by atoms with Gasteiger partial charge in [0.2, 0.25) is 5.95 Å². The Labute approximate surface area is 90.7 Å². The van der Waals surface area contributed by atoms with Crippen molar-refractivity contribution in [3.05, 3.63) is 18.0 Å². The summed E-state index contributed by atoms with van der Waals surface area (Å²) in [4.78, 5) is 10.6. The van der Waals surface area contributed by atoms with Gasteiger partial charge in [0.25, 0.3) is 0 Å². The minimum atomic E-state index is 0.697. The second kappa shape index (κ2) is 4.14. The van der Waals surface area contributed by atoms with E-state index in [1.54, 1.807) is 0 Å². The summed E-state index contributed by atoms with van der Waals surface area (Å²) in [6, 6.07) is 2.66. The lowest BCUT2D eigenvalue weighted by Crippen LogP contribution is -2.19. The quantitative estimate of drug-likeness (QED) is 0.799. The minimum absolute atomic E-state index is 0.697. The van der Waals surface area contributed by atoms with Crippen molar-refractivity contribution in [1.29, 1.82) is 0 Å². The fraction of sp³-hybridized carbons (Fsp3) is 0.636. The van der Waals surface area contributed by atoms with Gasteiger partial charge in [-0.05, 0) is 18.4 Å². The third-order valence-corrected chi connectivity index (χ3v) is 2.76. The predicted octanol–water partition coefficient (Wildman–Crippen LogP) is 1.04. The normalized spacial score (nSPS) is 23.9. The zero-order valence-electron chi connectivity index (χ0n) is 9.57. The van der Waals surface area contributed by atoms with Gasteiger partial charge in [-0.1, -0.05) is 6.92 Å². The molecule has 1 fully saturated rings. The molecule has 1 aromatic rings. The first-order valence-electron chi connectivity index (χ1n) is 5.39. The molecule has 1 aliphatic carbocycles. The Kier molecular flexibility index (Phi) is 2.86. The Hall–Kier alpha value is -1.16. The van der Waals surface area contributed by atoms with Gasteiger partial charge >= 0.3 is 0 Å². The van der Waals surface area contributed by atoms with Crippen molar-refractivity contribution < 1.29 is 0 Å². The molecule has 0 bridgehead atoms. The van der Waals surface area contributed by atoms with Crippen LogP contribution >= 0.6 is 0 Å². The summed E-state index contributed by atoms with van der Waals surface area (Å²) in [5, 5.41) is 3.48. The van der Waals surface area contributed by atoms with Crippen molar-refractivity contribution in [3.8, 4) is 0 Å². The standard InChI is InChI=1S/C11H18N4/c1-8-6-10(8)13-7-9-4-5-12-11(14-9)15(2)3/h4-5,8,10,13H,6-7H2,1-3H3. The monoisotopic (exact) mass is 206 g/mol. The van der Waals surface area contributed by atoms with E-state index in [-0.39, 0.29) is 0 Å². The van der Waals surface area contributed by atoms with E-state index in [2.05, 4.69) is 22.2 Å². The Morgan fingerprint density at radius 2 is 2.27 bits per heavy atom. The molecule has 0 spiro atoms. The molecule has 2 rings (SSSR count). The summed E-state index contributed by atoms with van der Waals surface area (Å²) in [7, 11) is 3.91. The minimum Gasteiger partial charge on any atom is -0.347 e. The molecule has 0 saturated heterocycles. The van der Waals surface area contributed by atoms with Gasteiger partial charge in [-0.25, -0.2) is 9.97 Å². The summed E-state index contributed by atoms with van der Waals surface area (Å²) in [5.41, 5.74) is 1.06. The maximum atomic E-state index is 4.45. The molecule has 15 heavy (non-hydrogen) atoms. The van der Waals surface area contributed by atoms with Crippen LogP contribution in [0.15, 0.2) is 12.3 Å². The van der Waals surface area contributed by atoms with Crippen LogP contribution in [0.25, 0.3) is 0 Å². The third kappa shape index (κ3) is 2.65. The van der Waals surface area contributed by atoms with Crippen molar-refractivity contribution in [2.24, 2.45) is 5.92 Å². The van der Waals surface area contributed by atoms with E-state index in [9.17, 15) is 0 Å². The molecule has 2 unspecified atom stereocenters. The molecule has 1 heterocycles. The molecule has 2 atom stereocenters. The number of nitrogens with one attached hydrogen (secondary N) is 1. The SMILES string of the molecule is CC1CC1NCc1ccnc(N(C)C)n1. The van der Waals surface area contributed by atoms with E-state index >= 15 is 0 Å². The van der Waals surface area contributed by atoms with Crippen LogP contribution in [0.3, 0.4) is 0 Å². The van der Waals surface area contributed by atoms with Crippen LogP contribution in [0.5, 0.6) is 0 Å². The van der Waals surface area contributed by atoms with Crippen LogP contribution in [-0.4, -0.2) is 30.1 Å². The summed E-state index contributed by atoms with van der Waals surface area (Å²) >= 11 is 0. The maximum Gasteiger partial charge on any atom is 0.225 e. The number of nitrogens with zero attached hydrogens (tertiary/aromatic N) is 3. The van der Waals surface area contributed by atoms with Crippen LogP contribution in [0.2, 0.25) is 0 Å². The average Bonchev–Trinajstić information content (AvgIpc) is 2.92.